The highest BCUT2D eigenvalue weighted by atomic mass is 19.1. The van der Waals surface area contributed by atoms with E-state index in [4.69, 9.17) is 14.2 Å². The van der Waals surface area contributed by atoms with Gasteiger partial charge in [0.2, 0.25) is 6.29 Å². The molecule has 9 heteroatoms. The third-order valence-corrected chi connectivity index (χ3v) is 4.90. The number of nitrogens with one attached hydrogen (secondary N) is 1. The average Bonchev–Trinajstić information content (AvgIpc) is 2.79. The van der Waals surface area contributed by atoms with Crippen LogP contribution in [0.1, 0.15) is 10.4 Å². The van der Waals surface area contributed by atoms with Crippen molar-refractivity contribution in [2.75, 3.05) is 20.8 Å². The molecule has 8 nitrogen and oxygen atoms in total. The van der Waals surface area contributed by atoms with Crippen molar-refractivity contribution in [3.8, 4) is 22.6 Å². The molecule has 0 aliphatic carbocycles. The summed E-state index contributed by atoms with van der Waals surface area (Å²) >= 11 is 0. The monoisotopic (exact) mass is 421 g/mol. The van der Waals surface area contributed by atoms with Gasteiger partial charge < -0.3 is 34.8 Å². The van der Waals surface area contributed by atoms with Crippen molar-refractivity contribution in [3.05, 3.63) is 48.0 Å². The third-order valence-electron chi connectivity index (χ3n) is 4.90. The Hall–Kier alpha value is -2.72. The lowest BCUT2D eigenvalue weighted by Gasteiger charge is -2.38. The van der Waals surface area contributed by atoms with Crippen molar-refractivity contribution < 1.29 is 38.7 Å². The lowest BCUT2D eigenvalue weighted by atomic mass is 10.00. The van der Waals surface area contributed by atoms with Gasteiger partial charge in [0.1, 0.15) is 18.3 Å². The largest absolute Gasteiger partial charge is 0.493 e. The summed E-state index contributed by atoms with van der Waals surface area (Å²) in [6.07, 6.45) is -8.09. The van der Waals surface area contributed by atoms with Crippen LogP contribution >= 0.6 is 0 Å². The van der Waals surface area contributed by atoms with Crippen LogP contribution in [-0.2, 0) is 4.74 Å². The lowest BCUT2D eigenvalue weighted by molar-refractivity contribution is -0.262. The lowest BCUT2D eigenvalue weighted by Crippen LogP contribution is -2.58. The van der Waals surface area contributed by atoms with Gasteiger partial charge in [0.15, 0.2) is 17.7 Å². The van der Waals surface area contributed by atoms with Gasteiger partial charge in [-0.15, -0.1) is 0 Å². The second-order valence-electron chi connectivity index (χ2n) is 6.79. The molecule has 162 valence electrons. The Kier molecular flexibility index (Phi) is 6.88. The van der Waals surface area contributed by atoms with Crippen molar-refractivity contribution in [2.24, 2.45) is 0 Å². The van der Waals surface area contributed by atoms with E-state index in [0.717, 1.165) is 11.1 Å². The second-order valence-corrected chi connectivity index (χ2v) is 6.79. The molecule has 1 heterocycles. The first kappa shape index (κ1) is 22.0. The quantitative estimate of drug-likeness (QED) is 0.547. The Morgan fingerprint density at radius 3 is 2.53 bits per heavy atom. The van der Waals surface area contributed by atoms with E-state index < -0.39 is 37.4 Å². The van der Waals surface area contributed by atoms with Crippen LogP contribution in [0.25, 0.3) is 11.1 Å². The van der Waals surface area contributed by atoms with Gasteiger partial charge in [0.25, 0.3) is 5.91 Å². The summed E-state index contributed by atoms with van der Waals surface area (Å²) < 4.78 is 30.5. The molecule has 3 rings (SSSR count). The first-order valence-corrected chi connectivity index (χ1v) is 9.33. The molecule has 2 aromatic carbocycles. The molecule has 0 radical (unpaired) electrons. The number of ether oxygens (including phenoxy) is 3. The maximum Gasteiger partial charge on any atom is 0.251 e. The normalized spacial score (nSPS) is 26.1. The number of carbonyl (C=O) groups excluding carboxylic acids is 1. The van der Waals surface area contributed by atoms with E-state index in [2.05, 4.69) is 5.32 Å². The molecule has 0 spiro atoms. The second kappa shape index (κ2) is 9.40. The molecule has 1 fully saturated rings. The van der Waals surface area contributed by atoms with E-state index >= 15 is 0 Å². The van der Waals surface area contributed by atoms with E-state index in [-0.39, 0.29) is 17.4 Å². The minimum absolute atomic E-state index is 0.150. The van der Waals surface area contributed by atoms with Gasteiger partial charge in [0, 0.05) is 12.6 Å². The Bertz CT molecular complexity index is 891. The summed E-state index contributed by atoms with van der Waals surface area (Å²) in [6, 6.07) is 11.9. The highest BCUT2D eigenvalue weighted by Crippen LogP contribution is 2.35. The Morgan fingerprint density at radius 1 is 1.13 bits per heavy atom. The number of amides is 1. The van der Waals surface area contributed by atoms with Gasteiger partial charge in [-0.2, -0.15) is 0 Å². The van der Waals surface area contributed by atoms with Gasteiger partial charge in [-0.1, -0.05) is 18.2 Å². The molecule has 0 bridgehead atoms. The van der Waals surface area contributed by atoms with Gasteiger partial charge in [0.05, 0.1) is 13.7 Å². The Balaban J connectivity index is 1.85. The number of carbonyl (C=O) groups is 1. The number of halogens is 1. The fraction of sp³-hybridized carbons (Fsp3) is 0.381. The van der Waals surface area contributed by atoms with Gasteiger partial charge in [-0.3, -0.25) is 4.79 Å². The summed E-state index contributed by atoms with van der Waals surface area (Å²) in [4.78, 5) is 11.9. The number of alkyl halides is 1. The van der Waals surface area contributed by atoms with E-state index in [1.807, 2.05) is 6.07 Å². The van der Waals surface area contributed by atoms with Crippen LogP contribution in [0.3, 0.4) is 0 Å². The molecule has 30 heavy (non-hydrogen) atoms. The number of hydrogen-bond donors (Lipinski definition) is 4. The average molecular weight is 421 g/mol. The molecule has 0 aromatic heterocycles. The Morgan fingerprint density at radius 2 is 1.87 bits per heavy atom. The molecular weight excluding hydrogens is 397 g/mol. The van der Waals surface area contributed by atoms with E-state index in [0.29, 0.717) is 5.56 Å². The van der Waals surface area contributed by atoms with E-state index in [1.54, 1.807) is 43.4 Å². The van der Waals surface area contributed by atoms with Gasteiger partial charge in [-0.05, 0) is 35.4 Å². The summed E-state index contributed by atoms with van der Waals surface area (Å²) in [6.45, 7) is -0.609. The summed E-state index contributed by atoms with van der Waals surface area (Å²) in [5.41, 5.74) is 1.99. The van der Waals surface area contributed by atoms with Crippen LogP contribution in [0.15, 0.2) is 42.5 Å². The Labute approximate surface area is 172 Å². The standard InChI is InChI=1S/C21H24FNO7/c1-23-20(27)13-5-3-4-11(8-13)12-6-7-14(15(9-12)28-2)29-21-17(22)19(26)18(25)16(10-24)30-21/h3-9,16-19,21,24-26H,10H2,1-2H3,(H,23,27)/t16-,17-,18-,19-,21+/m1/s1. The molecule has 1 amide bonds. The van der Waals surface area contributed by atoms with E-state index in [9.17, 15) is 24.5 Å². The van der Waals surface area contributed by atoms with Crippen molar-refractivity contribution in [1.82, 2.24) is 5.32 Å². The van der Waals surface area contributed by atoms with Crippen molar-refractivity contribution in [3.63, 3.8) is 0 Å². The molecule has 5 atom stereocenters. The first-order chi connectivity index (χ1) is 14.4. The highest BCUT2D eigenvalue weighted by Gasteiger charge is 2.46. The number of aliphatic hydroxyl groups is 3. The smallest absolute Gasteiger partial charge is 0.251 e. The molecule has 1 aliphatic heterocycles. The number of methoxy groups -OCH3 is 1. The minimum atomic E-state index is -2.03. The van der Waals surface area contributed by atoms with Crippen molar-refractivity contribution in [1.29, 1.82) is 0 Å². The third kappa shape index (κ3) is 4.39. The SMILES string of the molecule is CNC(=O)c1cccc(-c2ccc(O[C@H]3O[C@H](CO)[C@@H](O)[C@H](O)[C@H]3F)c(OC)c2)c1. The predicted molar refractivity (Wildman–Crippen MR) is 105 cm³/mol. The van der Waals surface area contributed by atoms with Crippen molar-refractivity contribution in [2.45, 2.75) is 30.8 Å². The van der Waals surface area contributed by atoms with Crippen LogP contribution in [0.2, 0.25) is 0 Å². The molecule has 0 unspecified atom stereocenters. The fourth-order valence-corrected chi connectivity index (χ4v) is 3.19. The number of benzene rings is 2. The summed E-state index contributed by atoms with van der Waals surface area (Å²) in [7, 11) is 2.96. The molecular formula is C21H24FNO7. The maximum atomic E-state index is 14.4. The van der Waals surface area contributed by atoms with Crippen LogP contribution < -0.4 is 14.8 Å². The van der Waals surface area contributed by atoms with Crippen LogP contribution in [-0.4, -0.2) is 72.8 Å². The van der Waals surface area contributed by atoms with E-state index in [1.165, 1.54) is 7.11 Å². The number of rotatable bonds is 6. The fourth-order valence-electron chi connectivity index (χ4n) is 3.19. The van der Waals surface area contributed by atoms with Crippen LogP contribution in [0, 0.1) is 0 Å². The number of hydrogen-bond acceptors (Lipinski definition) is 7. The summed E-state index contributed by atoms with van der Waals surface area (Å²) in [5, 5.41) is 31.4. The predicted octanol–water partition coefficient (Wildman–Crippen LogP) is 0.878. The zero-order valence-electron chi connectivity index (χ0n) is 16.5. The van der Waals surface area contributed by atoms with Gasteiger partial charge >= 0.3 is 0 Å². The highest BCUT2D eigenvalue weighted by molar-refractivity contribution is 5.95. The molecule has 0 saturated carbocycles. The van der Waals surface area contributed by atoms with Crippen LogP contribution in [0.4, 0.5) is 4.39 Å². The van der Waals surface area contributed by atoms with Crippen LogP contribution in [0.5, 0.6) is 11.5 Å². The minimum Gasteiger partial charge on any atom is -0.493 e. The molecule has 1 saturated heterocycles. The van der Waals surface area contributed by atoms with Gasteiger partial charge in [-0.25, -0.2) is 4.39 Å². The molecule has 4 N–H and O–H groups in total. The topological polar surface area (TPSA) is 117 Å². The number of aliphatic hydroxyl groups excluding tert-OH is 3. The zero-order chi connectivity index (χ0) is 21.8. The van der Waals surface area contributed by atoms with Crippen molar-refractivity contribution >= 4 is 5.91 Å². The summed E-state index contributed by atoms with van der Waals surface area (Å²) in [5.74, 6) is 0.206. The molecule has 2 aromatic rings. The maximum absolute atomic E-state index is 14.4. The molecule has 1 aliphatic rings. The zero-order valence-corrected chi connectivity index (χ0v) is 16.5. The first-order valence-electron chi connectivity index (χ1n) is 9.33.